The number of nitrogens with zero attached hydrogens (tertiary/aromatic N) is 1. The molecule has 32 heavy (non-hydrogen) atoms. The molecule has 0 atom stereocenters. The van der Waals surface area contributed by atoms with E-state index < -0.39 is 11.8 Å². The Morgan fingerprint density at radius 1 is 0.906 bits per heavy atom. The fourth-order valence-corrected chi connectivity index (χ4v) is 3.87. The number of phenolic OH excluding ortho intramolecular Hbond substituents is 2. The first-order valence-corrected chi connectivity index (χ1v) is 10.8. The number of phenols is 2. The first-order valence-electron chi connectivity index (χ1n) is 9.22. The molecule has 0 aliphatic carbocycles. The number of para-hydroxylation sites is 1. The first kappa shape index (κ1) is 23.2. The van der Waals surface area contributed by atoms with Gasteiger partial charge in [0.15, 0.2) is 0 Å². The molecule has 0 spiro atoms. The van der Waals surface area contributed by atoms with Crippen LogP contribution in [0.2, 0.25) is 0 Å². The lowest BCUT2D eigenvalue weighted by Crippen LogP contribution is -2.32. The standard InChI is InChI=1S/C23H17Br2N3O4/c24-17-10-16(21(30)18(25)12-17)13-26-28-23(32)19(11-15-8-4-5-9-20(15)29)27-22(31)14-6-2-1-3-7-14/h1-13,29-30H,(H,27,31)(H,28,32)/b19-11?,26-13+. The van der Waals surface area contributed by atoms with Gasteiger partial charge in [-0.05, 0) is 52.3 Å². The summed E-state index contributed by atoms with van der Waals surface area (Å²) >= 11 is 6.54. The maximum atomic E-state index is 12.8. The monoisotopic (exact) mass is 557 g/mol. The third kappa shape index (κ3) is 6.05. The van der Waals surface area contributed by atoms with Gasteiger partial charge in [0.05, 0.1) is 10.7 Å². The van der Waals surface area contributed by atoms with Crippen LogP contribution < -0.4 is 10.7 Å². The summed E-state index contributed by atoms with van der Waals surface area (Å²) in [6, 6.07) is 18.1. The van der Waals surface area contributed by atoms with Crippen LogP contribution in [0.5, 0.6) is 11.5 Å². The molecular formula is C23H17Br2N3O4. The van der Waals surface area contributed by atoms with E-state index in [9.17, 15) is 19.8 Å². The molecule has 3 aromatic rings. The van der Waals surface area contributed by atoms with E-state index >= 15 is 0 Å². The fourth-order valence-electron chi connectivity index (χ4n) is 2.61. The average Bonchev–Trinajstić information content (AvgIpc) is 2.78. The van der Waals surface area contributed by atoms with Gasteiger partial charge in [-0.15, -0.1) is 0 Å². The quantitative estimate of drug-likeness (QED) is 0.202. The molecule has 0 saturated heterocycles. The van der Waals surface area contributed by atoms with Crippen LogP contribution in [0.1, 0.15) is 21.5 Å². The van der Waals surface area contributed by atoms with E-state index in [0.717, 1.165) is 0 Å². The second kappa shape index (κ2) is 10.7. The van der Waals surface area contributed by atoms with Gasteiger partial charge in [-0.25, -0.2) is 5.43 Å². The molecule has 0 saturated carbocycles. The van der Waals surface area contributed by atoms with Crippen molar-refractivity contribution in [3.8, 4) is 11.5 Å². The summed E-state index contributed by atoms with van der Waals surface area (Å²) in [7, 11) is 0. The number of rotatable bonds is 6. The zero-order valence-electron chi connectivity index (χ0n) is 16.4. The summed E-state index contributed by atoms with van der Waals surface area (Å²) in [6.07, 6.45) is 2.60. The van der Waals surface area contributed by atoms with E-state index in [1.165, 1.54) is 18.4 Å². The van der Waals surface area contributed by atoms with Crippen molar-refractivity contribution in [2.45, 2.75) is 0 Å². The highest BCUT2D eigenvalue weighted by atomic mass is 79.9. The zero-order valence-corrected chi connectivity index (χ0v) is 19.6. The molecule has 162 valence electrons. The number of hydrogen-bond acceptors (Lipinski definition) is 5. The second-order valence-corrected chi connectivity index (χ2v) is 8.23. The van der Waals surface area contributed by atoms with Crippen molar-refractivity contribution >= 4 is 56.0 Å². The maximum absolute atomic E-state index is 12.8. The van der Waals surface area contributed by atoms with Gasteiger partial charge in [0.25, 0.3) is 11.8 Å². The van der Waals surface area contributed by atoms with E-state index in [0.29, 0.717) is 25.6 Å². The van der Waals surface area contributed by atoms with Crippen molar-refractivity contribution in [2.24, 2.45) is 5.10 Å². The summed E-state index contributed by atoms with van der Waals surface area (Å²) in [5.74, 6) is -1.32. The molecule has 0 heterocycles. The van der Waals surface area contributed by atoms with Gasteiger partial charge in [-0.1, -0.05) is 52.3 Å². The van der Waals surface area contributed by atoms with Crippen LogP contribution in [-0.2, 0) is 4.79 Å². The second-order valence-electron chi connectivity index (χ2n) is 6.46. The predicted octanol–water partition coefficient (Wildman–Crippen LogP) is 4.54. The average molecular weight is 559 g/mol. The molecule has 3 aromatic carbocycles. The van der Waals surface area contributed by atoms with Crippen LogP contribution in [0.3, 0.4) is 0 Å². The predicted molar refractivity (Wildman–Crippen MR) is 129 cm³/mol. The molecule has 4 N–H and O–H groups in total. The zero-order chi connectivity index (χ0) is 23.1. The number of nitrogens with one attached hydrogen (secondary N) is 2. The molecule has 0 fully saturated rings. The van der Waals surface area contributed by atoms with Crippen molar-refractivity contribution < 1.29 is 19.8 Å². The Morgan fingerprint density at radius 2 is 1.59 bits per heavy atom. The van der Waals surface area contributed by atoms with Crippen LogP contribution in [0.25, 0.3) is 6.08 Å². The maximum Gasteiger partial charge on any atom is 0.287 e. The smallest absolute Gasteiger partial charge is 0.287 e. The van der Waals surface area contributed by atoms with E-state index in [4.69, 9.17) is 0 Å². The van der Waals surface area contributed by atoms with Crippen molar-refractivity contribution in [1.82, 2.24) is 10.7 Å². The normalized spacial score (nSPS) is 11.4. The topological polar surface area (TPSA) is 111 Å². The Bertz CT molecular complexity index is 1210. The minimum Gasteiger partial charge on any atom is -0.507 e. The van der Waals surface area contributed by atoms with E-state index in [1.807, 2.05) is 0 Å². The van der Waals surface area contributed by atoms with Gasteiger partial charge >= 0.3 is 0 Å². The van der Waals surface area contributed by atoms with Gasteiger partial charge in [0, 0.05) is 21.2 Å². The third-order valence-electron chi connectivity index (χ3n) is 4.19. The number of hydrogen-bond donors (Lipinski definition) is 4. The number of benzene rings is 3. The SMILES string of the molecule is O=C(N/N=C/c1cc(Br)cc(Br)c1O)C(=Cc1ccccc1O)NC(=O)c1ccccc1. The molecule has 3 rings (SSSR count). The van der Waals surface area contributed by atoms with Crippen LogP contribution in [0.15, 0.2) is 86.5 Å². The molecule has 0 aromatic heterocycles. The van der Waals surface area contributed by atoms with Gasteiger partial charge in [0.1, 0.15) is 17.2 Å². The Hall–Kier alpha value is -3.43. The lowest BCUT2D eigenvalue weighted by molar-refractivity contribution is -0.117. The van der Waals surface area contributed by atoms with Gasteiger partial charge in [-0.3, -0.25) is 9.59 Å². The summed E-state index contributed by atoms with van der Waals surface area (Å²) in [4.78, 5) is 25.3. The molecule has 9 heteroatoms. The lowest BCUT2D eigenvalue weighted by atomic mass is 10.1. The fraction of sp³-hybridized carbons (Fsp3) is 0. The highest BCUT2D eigenvalue weighted by Crippen LogP contribution is 2.30. The Labute approximate surface area is 200 Å². The summed E-state index contributed by atoms with van der Waals surface area (Å²) in [5, 5.41) is 26.6. The number of halogens is 2. The van der Waals surface area contributed by atoms with Crippen molar-refractivity contribution in [1.29, 1.82) is 0 Å². The number of hydrazone groups is 1. The van der Waals surface area contributed by atoms with Gasteiger partial charge in [0.2, 0.25) is 0 Å². The van der Waals surface area contributed by atoms with Crippen LogP contribution in [-0.4, -0.2) is 28.2 Å². The molecule has 0 unspecified atom stereocenters. The van der Waals surface area contributed by atoms with Gasteiger partial charge < -0.3 is 15.5 Å². The molecule has 2 amide bonds. The first-order chi connectivity index (χ1) is 15.3. The molecule has 0 bridgehead atoms. The van der Waals surface area contributed by atoms with E-state index in [-0.39, 0.29) is 17.2 Å². The van der Waals surface area contributed by atoms with Crippen LogP contribution >= 0.6 is 31.9 Å². The number of carbonyl (C=O) groups is 2. The molecule has 7 nitrogen and oxygen atoms in total. The van der Waals surface area contributed by atoms with Crippen molar-refractivity contribution in [3.05, 3.63) is 98.1 Å². The van der Waals surface area contributed by atoms with E-state index in [2.05, 4.69) is 47.7 Å². The number of aromatic hydroxyl groups is 2. The largest absolute Gasteiger partial charge is 0.507 e. The van der Waals surface area contributed by atoms with Crippen molar-refractivity contribution in [3.63, 3.8) is 0 Å². The highest BCUT2D eigenvalue weighted by Gasteiger charge is 2.15. The Balaban J connectivity index is 1.85. The Morgan fingerprint density at radius 3 is 2.31 bits per heavy atom. The number of carbonyl (C=O) groups excluding carboxylic acids is 2. The minimum atomic E-state index is -0.720. The third-order valence-corrected chi connectivity index (χ3v) is 5.26. The van der Waals surface area contributed by atoms with Crippen LogP contribution in [0.4, 0.5) is 0 Å². The minimum absolute atomic E-state index is 0.0476. The molecule has 0 radical (unpaired) electrons. The summed E-state index contributed by atoms with van der Waals surface area (Å²) in [6.45, 7) is 0. The Kier molecular flexibility index (Phi) is 7.80. The molecular weight excluding hydrogens is 542 g/mol. The van der Waals surface area contributed by atoms with E-state index in [1.54, 1.807) is 60.7 Å². The van der Waals surface area contributed by atoms with Crippen molar-refractivity contribution in [2.75, 3.05) is 0 Å². The van der Waals surface area contributed by atoms with Crippen LogP contribution in [0, 0.1) is 0 Å². The summed E-state index contributed by atoms with van der Waals surface area (Å²) in [5.41, 5.74) is 3.24. The summed E-state index contributed by atoms with van der Waals surface area (Å²) < 4.78 is 1.15. The lowest BCUT2D eigenvalue weighted by Gasteiger charge is -2.10. The number of amides is 2. The molecule has 0 aliphatic heterocycles. The highest BCUT2D eigenvalue weighted by molar-refractivity contribution is 9.11. The molecule has 0 aliphatic rings. The van der Waals surface area contributed by atoms with Gasteiger partial charge in [-0.2, -0.15) is 5.10 Å².